The SMILES string of the molecule is Cc1oncc1C(=O)NCC(C)C#N. The molecule has 1 aromatic rings. The van der Waals surface area contributed by atoms with E-state index in [0.717, 1.165) is 0 Å². The second-order valence-electron chi connectivity index (χ2n) is 3.04. The van der Waals surface area contributed by atoms with Crippen molar-refractivity contribution in [2.45, 2.75) is 13.8 Å². The van der Waals surface area contributed by atoms with Gasteiger partial charge in [0.15, 0.2) is 0 Å². The Bertz CT molecular complexity index is 364. The van der Waals surface area contributed by atoms with Crippen LogP contribution in [0.2, 0.25) is 0 Å². The van der Waals surface area contributed by atoms with Crippen molar-refractivity contribution in [2.24, 2.45) is 5.92 Å². The zero-order valence-corrected chi connectivity index (χ0v) is 8.07. The number of nitrogens with zero attached hydrogens (tertiary/aromatic N) is 2. The van der Waals surface area contributed by atoms with Crippen molar-refractivity contribution in [3.8, 4) is 6.07 Å². The molecule has 0 aliphatic heterocycles. The first kappa shape index (κ1) is 10.3. The number of hydrogen-bond donors (Lipinski definition) is 1. The molecule has 5 nitrogen and oxygen atoms in total. The van der Waals surface area contributed by atoms with Gasteiger partial charge in [-0.1, -0.05) is 5.16 Å². The molecule has 0 fully saturated rings. The second kappa shape index (κ2) is 4.42. The Labute approximate surface area is 81.7 Å². The maximum atomic E-state index is 11.4. The lowest BCUT2D eigenvalue weighted by molar-refractivity contribution is 0.0949. The fourth-order valence-corrected chi connectivity index (χ4v) is 0.903. The van der Waals surface area contributed by atoms with Crippen LogP contribution in [0.1, 0.15) is 23.0 Å². The molecule has 0 spiro atoms. The maximum Gasteiger partial charge on any atom is 0.256 e. The quantitative estimate of drug-likeness (QED) is 0.772. The largest absolute Gasteiger partial charge is 0.361 e. The molecule has 1 atom stereocenters. The third-order valence-electron chi connectivity index (χ3n) is 1.78. The van der Waals surface area contributed by atoms with Gasteiger partial charge in [-0.25, -0.2) is 0 Å². The minimum absolute atomic E-state index is 0.195. The van der Waals surface area contributed by atoms with Crippen LogP contribution in [0.4, 0.5) is 0 Å². The average molecular weight is 193 g/mol. The van der Waals surface area contributed by atoms with Gasteiger partial charge in [0.2, 0.25) is 0 Å². The van der Waals surface area contributed by atoms with E-state index in [1.165, 1.54) is 6.20 Å². The van der Waals surface area contributed by atoms with E-state index in [4.69, 9.17) is 9.78 Å². The van der Waals surface area contributed by atoms with Gasteiger partial charge in [-0.3, -0.25) is 4.79 Å². The first-order valence-electron chi connectivity index (χ1n) is 4.24. The van der Waals surface area contributed by atoms with Crippen molar-refractivity contribution in [3.05, 3.63) is 17.5 Å². The van der Waals surface area contributed by atoms with Crippen molar-refractivity contribution in [1.82, 2.24) is 10.5 Å². The standard InChI is InChI=1S/C9H11N3O2/c1-6(3-10)4-11-9(13)8-5-12-14-7(8)2/h5-6H,4H2,1-2H3,(H,11,13). The highest BCUT2D eigenvalue weighted by molar-refractivity contribution is 5.94. The first-order chi connectivity index (χ1) is 6.65. The Morgan fingerprint density at radius 2 is 2.57 bits per heavy atom. The van der Waals surface area contributed by atoms with Gasteiger partial charge in [0.1, 0.15) is 11.3 Å². The molecule has 1 heterocycles. The number of hydrogen-bond acceptors (Lipinski definition) is 4. The summed E-state index contributed by atoms with van der Waals surface area (Å²) in [7, 11) is 0. The molecule has 0 saturated heterocycles. The molecule has 0 bridgehead atoms. The fraction of sp³-hybridized carbons (Fsp3) is 0.444. The number of nitrogens with one attached hydrogen (secondary N) is 1. The van der Waals surface area contributed by atoms with E-state index in [9.17, 15) is 4.79 Å². The minimum atomic E-state index is -0.258. The van der Waals surface area contributed by atoms with E-state index in [0.29, 0.717) is 17.9 Å². The van der Waals surface area contributed by atoms with Gasteiger partial charge in [-0.05, 0) is 13.8 Å². The molecule has 1 unspecified atom stereocenters. The first-order valence-corrected chi connectivity index (χ1v) is 4.24. The van der Waals surface area contributed by atoms with E-state index in [2.05, 4.69) is 10.5 Å². The predicted molar refractivity (Wildman–Crippen MR) is 48.4 cm³/mol. The summed E-state index contributed by atoms with van der Waals surface area (Å²) in [5, 5.41) is 14.6. The van der Waals surface area contributed by atoms with Crippen LogP contribution in [0.15, 0.2) is 10.7 Å². The normalized spacial score (nSPS) is 11.8. The highest BCUT2D eigenvalue weighted by Crippen LogP contribution is 2.05. The minimum Gasteiger partial charge on any atom is -0.361 e. The van der Waals surface area contributed by atoms with Gasteiger partial charge in [-0.15, -0.1) is 0 Å². The zero-order valence-electron chi connectivity index (χ0n) is 8.07. The van der Waals surface area contributed by atoms with Crippen LogP contribution in [-0.2, 0) is 0 Å². The number of nitriles is 1. The van der Waals surface area contributed by atoms with Crippen LogP contribution < -0.4 is 5.32 Å². The molecular formula is C9H11N3O2. The van der Waals surface area contributed by atoms with Crippen LogP contribution in [0, 0.1) is 24.2 Å². The highest BCUT2D eigenvalue weighted by atomic mass is 16.5. The lowest BCUT2D eigenvalue weighted by Crippen LogP contribution is -2.27. The van der Waals surface area contributed by atoms with Gasteiger partial charge in [0.05, 0.1) is 18.2 Å². The molecule has 0 aliphatic rings. The lowest BCUT2D eigenvalue weighted by atomic mass is 10.2. The molecule has 74 valence electrons. The average Bonchev–Trinajstić information content (AvgIpc) is 2.60. The Morgan fingerprint density at radius 3 is 3.07 bits per heavy atom. The summed E-state index contributed by atoms with van der Waals surface area (Å²) in [6.45, 7) is 3.73. The summed E-state index contributed by atoms with van der Waals surface area (Å²) < 4.78 is 4.74. The van der Waals surface area contributed by atoms with Gasteiger partial charge >= 0.3 is 0 Å². The van der Waals surface area contributed by atoms with Crippen molar-refractivity contribution < 1.29 is 9.32 Å². The predicted octanol–water partition coefficient (Wildman–Crippen LogP) is 0.873. The topological polar surface area (TPSA) is 78.9 Å². The van der Waals surface area contributed by atoms with Crippen molar-refractivity contribution in [2.75, 3.05) is 6.54 Å². The number of rotatable bonds is 3. The van der Waals surface area contributed by atoms with E-state index < -0.39 is 0 Å². The van der Waals surface area contributed by atoms with Gasteiger partial charge in [-0.2, -0.15) is 5.26 Å². The van der Waals surface area contributed by atoms with Crippen LogP contribution in [0.3, 0.4) is 0 Å². The van der Waals surface area contributed by atoms with E-state index >= 15 is 0 Å². The van der Waals surface area contributed by atoms with Gasteiger partial charge in [0.25, 0.3) is 5.91 Å². The Kier molecular flexibility index (Phi) is 3.24. The van der Waals surface area contributed by atoms with Crippen LogP contribution >= 0.6 is 0 Å². The maximum absolute atomic E-state index is 11.4. The van der Waals surface area contributed by atoms with Crippen molar-refractivity contribution in [1.29, 1.82) is 5.26 Å². The van der Waals surface area contributed by atoms with E-state index in [-0.39, 0.29) is 11.8 Å². The van der Waals surface area contributed by atoms with E-state index in [1.54, 1.807) is 13.8 Å². The van der Waals surface area contributed by atoms with Crippen LogP contribution in [-0.4, -0.2) is 17.6 Å². The number of aryl methyl sites for hydroxylation is 1. The molecule has 5 heteroatoms. The summed E-state index contributed by atoms with van der Waals surface area (Å²) in [4.78, 5) is 11.4. The summed E-state index contributed by atoms with van der Waals surface area (Å²) in [6, 6.07) is 2.03. The second-order valence-corrected chi connectivity index (χ2v) is 3.04. The number of carbonyl (C=O) groups is 1. The van der Waals surface area contributed by atoms with Crippen molar-refractivity contribution in [3.63, 3.8) is 0 Å². The summed E-state index contributed by atoms with van der Waals surface area (Å²) >= 11 is 0. The van der Waals surface area contributed by atoms with Crippen molar-refractivity contribution >= 4 is 5.91 Å². The van der Waals surface area contributed by atoms with E-state index in [1.807, 2.05) is 6.07 Å². The molecule has 1 amide bonds. The molecule has 1 rings (SSSR count). The summed E-state index contributed by atoms with van der Waals surface area (Å²) in [5.41, 5.74) is 0.412. The molecule has 0 aliphatic carbocycles. The smallest absolute Gasteiger partial charge is 0.256 e. The molecule has 1 aromatic heterocycles. The monoisotopic (exact) mass is 193 g/mol. The Morgan fingerprint density at radius 1 is 1.86 bits per heavy atom. The zero-order chi connectivity index (χ0) is 10.6. The number of aromatic nitrogens is 1. The molecular weight excluding hydrogens is 182 g/mol. The van der Waals surface area contributed by atoms with Crippen LogP contribution in [0.5, 0.6) is 0 Å². The fourth-order valence-electron chi connectivity index (χ4n) is 0.903. The third-order valence-corrected chi connectivity index (χ3v) is 1.78. The highest BCUT2D eigenvalue weighted by Gasteiger charge is 2.12. The van der Waals surface area contributed by atoms with Gasteiger partial charge in [0, 0.05) is 6.54 Å². The molecule has 0 radical (unpaired) electrons. The Hall–Kier alpha value is -1.83. The Balaban J connectivity index is 2.53. The number of amides is 1. The van der Waals surface area contributed by atoms with Gasteiger partial charge < -0.3 is 9.84 Å². The summed E-state index contributed by atoms with van der Waals surface area (Å²) in [6.07, 6.45) is 1.36. The lowest BCUT2D eigenvalue weighted by Gasteiger charge is -2.03. The number of carbonyl (C=O) groups excluding carboxylic acids is 1. The van der Waals surface area contributed by atoms with Crippen LogP contribution in [0.25, 0.3) is 0 Å². The molecule has 0 saturated carbocycles. The molecule has 0 aromatic carbocycles. The molecule has 1 N–H and O–H groups in total. The molecule has 14 heavy (non-hydrogen) atoms. The third kappa shape index (κ3) is 2.33. The summed E-state index contributed by atoms with van der Waals surface area (Å²) in [5.74, 6) is 0.0251.